The van der Waals surface area contributed by atoms with Crippen molar-refractivity contribution in [1.82, 2.24) is 30.0 Å². The van der Waals surface area contributed by atoms with E-state index in [-0.39, 0.29) is 39.4 Å². The summed E-state index contributed by atoms with van der Waals surface area (Å²) in [6.07, 6.45) is 3.52. The summed E-state index contributed by atoms with van der Waals surface area (Å²) in [5.74, 6) is 1.05. The molecule has 0 radical (unpaired) electrons. The summed E-state index contributed by atoms with van der Waals surface area (Å²) in [7, 11) is 0. The molecular weight excluding hydrogens is 652 g/mol. The normalized spacial score (nSPS) is 10.3. The molecule has 2 aromatic carbocycles. The first-order valence-corrected chi connectivity index (χ1v) is 15.1. The lowest BCUT2D eigenvalue weighted by atomic mass is 10.1. The van der Waals surface area contributed by atoms with Gasteiger partial charge in [-0.15, -0.1) is 10.2 Å². The Morgan fingerprint density at radius 3 is 1.22 bits per heavy atom. The molecule has 0 amide bonds. The van der Waals surface area contributed by atoms with E-state index >= 15 is 0 Å². The lowest BCUT2D eigenvalue weighted by Gasteiger charge is -2.08. The maximum Gasteiger partial charge on any atom is 0.134 e. The molecule has 0 aliphatic heterocycles. The van der Waals surface area contributed by atoms with Crippen LogP contribution in [0.5, 0.6) is 11.5 Å². The zero-order chi connectivity index (χ0) is 35.2. The molecule has 0 bridgehead atoms. The second kappa shape index (κ2) is 20.7. The Morgan fingerprint density at radius 1 is 0.520 bits per heavy atom. The second-order valence-corrected chi connectivity index (χ2v) is 10.3. The van der Waals surface area contributed by atoms with Gasteiger partial charge in [0.15, 0.2) is 0 Å². The number of rotatable bonds is 23. The van der Waals surface area contributed by atoms with Crippen molar-refractivity contribution in [2.75, 3.05) is 26.4 Å². The summed E-state index contributed by atoms with van der Waals surface area (Å²) in [4.78, 5) is 11.1. The molecule has 258 valence electrons. The van der Waals surface area contributed by atoms with Crippen LogP contribution in [0.2, 0.25) is 0 Å². The van der Waals surface area contributed by atoms with Crippen LogP contribution in [-0.2, 0) is 62.0 Å². The smallest absolute Gasteiger partial charge is 0.134 e. The van der Waals surface area contributed by atoms with Gasteiger partial charge in [-0.25, -0.2) is 9.36 Å². The van der Waals surface area contributed by atoms with Gasteiger partial charge in [-0.05, 0) is 68.6 Å². The molecule has 0 unspecified atom stereocenters. The molecule has 0 atom stereocenters. The number of hydrogen-bond acceptors (Lipinski definition) is 12. The Labute approximate surface area is 284 Å². The van der Waals surface area contributed by atoms with Crippen molar-refractivity contribution in [3.63, 3.8) is 0 Å². The first-order chi connectivity index (χ1) is 24.6. The molecule has 0 N–H and O–H groups in total. The number of ether oxygens (including phenoxy) is 4. The van der Waals surface area contributed by atoms with Gasteiger partial charge in [0.25, 0.3) is 0 Å². The van der Waals surface area contributed by atoms with E-state index in [1.165, 1.54) is 0 Å². The minimum Gasteiger partial charge on any atom is -0.487 e. The van der Waals surface area contributed by atoms with Gasteiger partial charge in [0.1, 0.15) is 36.1 Å². The Bertz CT molecular complexity index is 1670. The highest BCUT2D eigenvalue weighted by Gasteiger charge is 2.08. The SMILES string of the molecule is [N-]=[N+]=NCc1cc(CN=[N+]=[N-])cc(OCc2cn(CCOCCOCCn3cc(COc4cc(CN=[N+]=[N-])cc(CN=[N+]=[N-])c4)nn3)nn2)c1. The predicted molar refractivity (Wildman–Crippen MR) is 175 cm³/mol. The molecule has 50 heavy (non-hydrogen) atoms. The molecule has 0 saturated heterocycles. The third kappa shape index (κ3) is 12.9. The first kappa shape index (κ1) is 36.3. The summed E-state index contributed by atoms with van der Waals surface area (Å²) in [6.45, 7) is 3.47. The van der Waals surface area contributed by atoms with Crippen LogP contribution in [0.4, 0.5) is 0 Å². The van der Waals surface area contributed by atoms with Crippen LogP contribution in [0.15, 0.2) is 69.2 Å². The Balaban J connectivity index is 1.10. The van der Waals surface area contributed by atoms with E-state index in [1.807, 2.05) is 0 Å². The standard InChI is InChI=1S/C28H32N18O4/c29-39-33-13-21-7-22(14-34-40-30)10-27(9-21)49-19-25-17-45(43-37-25)1-3-47-5-6-48-4-2-46-18-26(38-44-46)20-50-28-11-23(15-35-41-31)8-24(12-28)16-36-42-32/h7-12,17-18H,1-6,13-16,19-20H2. The van der Waals surface area contributed by atoms with Gasteiger partial charge in [-0.2, -0.15) is 0 Å². The lowest BCUT2D eigenvalue weighted by Crippen LogP contribution is -2.13. The van der Waals surface area contributed by atoms with Gasteiger partial charge in [0.05, 0.1) is 78.1 Å². The van der Waals surface area contributed by atoms with E-state index < -0.39 is 0 Å². The van der Waals surface area contributed by atoms with Crippen LogP contribution in [0.3, 0.4) is 0 Å². The van der Waals surface area contributed by atoms with E-state index in [4.69, 9.17) is 41.1 Å². The van der Waals surface area contributed by atoms with Crippen molar-refractivity contribution >= 4 is 0 Å². The molecule has 4 rings (SSSR count). The third-order valence-corrected chi connectivity index (χ3v) is 6.57. The molecule has 0 aliphatic rings. The maximum atomic E-state index is 8.61. The zero-order valence-corrected chi connectivity index (χ0v) is 26.8. The van der Waals surface area contributed by atoms with Gasteiger partial charge in [-0.1, -0.05) is 43.0 Å². The number of aromatic nitrogens is 6. The minimum absolute atomic E-state index is 0.141. The summed E-state index contributed by atoms with van der Waals surface area (Å²) in [5, 5.41) is 30.7. The molecule has 22 heteroatoms. The van der Waals surface area contributed by atoms with Crippen molar-refractivity contribution < 1.29 is 18.9 Å². The van der Waals surface area contributed by atoms with Crippen molar-refractivity contribution in [1.29, 1.82) is 0 Å². The van der Waals surface area contributed by atoms with Crippen LogP contribution in [0.25, 0.3) is 41.8 Å². The highest BCUT2D eigenvalue weighted by Crippen LogP contribution is 2.21. The summed E-state index contributed by atoms with van der Waals surface area (Å²) >= 11 is 0. The molecule has 2 aromatic heterocycles. The van der Waals surface area contributed by atoms with E-state index in [2.05, 4.69) is 60.7 Å². The average Bonchev–Trinajstić information content (AvgIpc) is 3.80. The number of hydrogen-bond donors (Lipinski definition) is 0. The Kier molecular flexibility index (Phi) is 15.0. The lowest BCUT2D eigenvalue weighted by molar-refractivity contribution is 0.0402. The van der Waals surface area contributed by atoms with Crippen molar-refractivity contribution in [3.8, 4) is 11.5 Å². The van der Waals surface area contributed by atoms with Crippen LogP contribution < -0.4 is 9.47 Å². The molecule has 0 fully saturated rings. The fourth-order valence-corrected chi connectivity index (χ4v) is 4.42. The van der Waals surface area contributed by atoms with Crippen LogP contribution in [0.1, 0.15) is 33.6 Å². The molecule has 0 aliphatic carbocycles. The fourth-order valence-electron chi connectivity index (χ4n) is 4.42. The predicted octanol–water partition coefficient (Wildman–Crippen LogP) is 6.00. The number of azide groups is 4. The molecule has 0 saturated carbocycles. The number of nitrogens with zero attached hydrogens (tertiary/aromatic N) is 18. The van der Waals surface area contributed by atoms with E-state index in [0.717, 1.165) is 22.3 Å². The largest absolute Gasteiger partial charge is 0.487 e. The molecule has 4 aromatic rings. The summed E-state index contributed by atoms with van der Waals surface area (Å²) in [6, 6.07) is 10.6. The van der Waals surface area contributed by atoms with Crippen LogP contribution in [-0.4, -0.2) is 56.4 Å². The monoisotopic (exact) mass is 684 g/mol. The molecule has 0 spiro atoms. The number of benzene rings is 2. The molecular formula is C28H32N18O4. The average molecular weight is 685 g/mol. The van der Waals surface area contributed by atoms with Gasteiger partial charge >= 0.3 is 0 Å². The topological polar surface area (TPSA) is 293 Å². The minimum atomic E-state index is 0.141. The Morgan fingerprint density at radius 2 is 0.880 bits per heavy atom. The van der Waals surface area contributed by atoms with Gasteiger partial charge < -0.3 is 18.9 Å². The van der Waals surface area contributed by atoms with Gasteiger partial charge in [0, 0.05) is 19.6 Å². The van der Waals surface area contributed by atoms with Gasteiger partial charge in [-0.3, -0.25) is 0 Å². The van der Waals surface area contributed by atoms with Gasteiger partial charge in [0.2, 0.25) is 0 Å². The zero-order valence-electron chi connectivity index (χ0n) is 26.8. The van der Waals surface area contributed by atoms with Crippen molar-refractivity contribution in [3.05, 3.63) is 124 Å². The van der Waals surface area contributed by atoms with Crippen molar-refractivity contribution in [2.24, 2.45) is 20.5 Å². The van der Waals surface area contributed by atoms with E-state index in [1.54, 1.807) is 58.2 Å². The highest BCUT2D eigenvalue weighted by atomic mass is 16.5. The maximum absolute atomic E-state index is 8.61. The van der Waals surface area contributed by atoms with Crippen molar-refractivity contribution in [2.45, 2.75) is 52.5 Å². The summed E-state index contributed by atoms with van der Waals surface area (Å²) in [5.41, 5.74) is 38.6. The van der Waals surface area contributed by atoms with E-state index in [0.29, 0.717) is 62.4 Å². The molecule has 22 nitrogen and oxygen atoms in total. The third-order valence-electron chi connectivity index (χ3n) is 6.57. The quantitative estimate of drug-likeness (QED) is 0.0385. The van der Waals surface area contributed by atoms with Crippen LogP contribution >= 0.6 is 0 Å². The highest BCUT2D eigenvalue weighted by molar-refractivity contribution is 5.35. The van der Waals surface area contributed by atoms with Crippen LogP contribution in [0, 0.1) is 0 Å². The molecule has 2 heterocycles. The van der Waals surface area contributed by atoms with E-state index in [9.17, 15) is 0 Å². The second-order valence-electron chi connectivity index (χ2n) is 10.3. The fraction of sp³-hybridized carbons (Fsp3) is 0.429. The Hall–Kier alpha value is -6.52. The first-order valence-electron chi connectivity index (χ1n) is 15.1. The summed E-state index contributed by atoms with van der Waals surface area (Å²) < 4.78 is 26.3.